The summed E-state index contributed by atoms with van der Waals surface area (Å²) in [7, 11) is 0. The maximum absolute atomic E-state index is 12.7. The smallest absolute Gasteiger partial charge is 0.244 e. The molecule has 4 nitrogen and oxygen atoms in total. The zero-order valence-electron chi connectivity index (χ0n) is 9.47. The predicted octanol–water partition coefficient (Wildman–Crippen LogP) is 1.63. The number of rotatable bonds is 3. The average Bonchev–Trinajstić information content (AvgIpc) is 2.35. The number of carbonyl (C=O) groups excluding carboxylic acids is 1. The number of anilines is 1. The van der Waals surface area contributed by atoms with Gasteiger partial charge in [-0.05, 0) is 24.3 Å². The zero-order chi connectivity index (χ0) is 13.0. The third kappa shape index (κ3) is 3.28. The van der Waals surface area contributed by atoms with E-state index in [1.165, 1.54) is 48.8 Å². The van der Waals surface area contributed by atoms with E-state index in [4.69, 9.17) is 0 Å². The van der Waals surface area contributed by atoms with Gasteiger partial charge in [-0.2, -0.15) is 0 Å². The average molecular weight is 246 g/mol. The van der Waals surface area contributed by atoms with Crippen LogP contribution in [0.25, 0.3) is 0 Å². The zero-order valence-corrected chi connectivity index (χ0v) is 9.47. The Morgan fingerprint density at radius 1 is 1.11 bits per heavy atom. The predicted molar refractivity (Wildman–Crippen MR) is 65.7 cm³/mol. The standard InChI is InChI=1S/C13H11FN2O2/c14-10-1-3-11(4-2-10)15-13(18)9-16-7-5-12(17)6-8-16/h1-8H,9H2,(H,15,18). The van der Waals surface area contributed by atoms with Crippen LogP contribution in [0.4, 0.5) is 10.1 Å². The van der Waals surface area contributed by atoms with Gasteiger partial charge in [0.05, 0.1) is 0 Å². The topological polar surface area (TPSA) is 51.1 Å². The first-order valence-electron chi connectivity index (χ1n) is 5.35. The molecule has 1 amide bonds. The van der Waals surface area contributed by atoms with Crippen LogP contribution >= 0.6 is 0 Å². The molecule has 0 unspecified atom stereocenters. The van der Waals surface area contributed by atoms with Crippen molar-refractivity contribution in [3.05, 3.63) is 64.8 Å². The summed E-state index contributed by atoms with van der Waals surface area (Å²) in [5.74, 6) is -0.598. The molecule has 0 radical (unpaired) electrons. The highest BCUT2D eigenvalue weighted by atomic mass is 19.1. The molecule has 2 aromatic rings. The van der Waals surface area contributed by atoms with E-state index in [1.807, 2.05) is 0 Å². The molecule has 18 heavy (non-hydrogen) atoms. The van der Waals surface area contributed by atoms with Gasteiger partial charge in [0.25, 0.3) is 0 Å². The molecule has 1 heterocycles. The Bertz CT molecular complexity index is 585. The van der Waals surface area contributed by atoms with Crippen molar-refractivity contribution in [1.29, 1.82) is 0 Å². The number of hydrogen-bond acceptors (Lipinski definition) is 2. The van der Waals surface area contributed by atoms with Crippen molar-refractivity contribution < 1.29 is 9.18 Å². The Morgan fingerprint density at radius 3 is 2.33 bits per heavy atom. The van der Waals surface area contributed by atoms with E-state index in [1.54, 1.807) is 4.57 Å². The third-order valence-corrected chi connectivity index (χ3v) is 2.31. The number of nitrogens with one attached hydrogen (secondary N) is 1. The summed E-state index contributed by atoms with van der Waals surface area (Å²) in [6.07, 6.45) is 3.07. The fourth-order valence-corrected chi connectivity index (χ4v) is 1.45. The van der Waals surface area contributed by atoms with Crippen LogP contribution in [-0.2, 0) is 11.3 Å². The van der Waals surface area contributed by atoms with Crippen molar-refractivity contribution in [2.24, 2.45) is 0 Å². The second-order valence-corrected chi connectivity index (χ2v) is 3.76. The number of amides is 1. The molecule has 92 valence electrons. The van der Waals surface area contributed by atoms with Gasteiger partial charge in [0.1, 0.15) is 12.4 Å². The molecular formula is C13H11FN2O2. The normalized spacial score (nSPS) is 10.1. The molecule has 2 rings (SSSR count). The largest absolute Gasteiger partial charge is 0.345 e. The van der Waals surface area contributed by atoms with Crippen LogP contribution in [0.2, 0.25) is 0 Å². The first-order valence-corrected chi connectivity index (χ1v) is 5.35. The van der Waals surface area contributed by atoms with E-state index < -0.39 is 0 Å². The Kier molecular flexibility index (Phi) is 3.52. The lowest BCUT2D eigenvalue weighted by atomic mass is 10.3. The summed E-state index contributed by atoms with van der Waals surface area (Å²) in [5, 5.41) is 2.63. The summed E-state index contributed by atoms with van der Waals surface area (Å²) >= 11 is 0. The van der Waals surface area contributed by atoms with Crippen LogP contribution in [0.3, 0.4) is 0 Å². The molecule has 1 aromatic carbocycles. The van der Waals surface area contributed by atoms with E-state index in [-0.39, 0.29) is 23.7 Å². The minimum atomic E-state index is -0.353. The quantitative estimate of drug-likeness (QED) is 0.894. The van der Waals surface area contributed by atoms with Gasteiger partial charge >= 0.3 is 0 Å². The Labute approximate surface area is 103 Å². The van der Waals surface area contributed by atoms with Gasteiger partial charge in [-0.3, -0.25) is 9.59 Å². The highest BCUT2D eigenvalue weighted by Crippen LogP contribution is 2.08. The van der Waals surface area contributed by atoms with Crippen molar-refractivity contribution in [2.75, 3.05) is 5.32 Å². The van der Waals surface area contributed by atoms with Crippen LogP contribution in [0.5, 0.6) is 0 Å². The fraction of sp³-hybridized carbons (Fsp3) is 0.0769. The van der Waals surface area contributed by atoms with E-state index in [9.17, 15) is 14.0 Å². The molecule has 0 aliphatic rings. The van der Waals surface area contributed by atoms with Gasteiger partial charge in [0.15, 0.2) is 5.43 Å². The summed E-state index contributed by atoms with van der Waals surface area (Å²) in [5.41, 5.74) is 0.424. The molecule has 0 saturated carbocycles. The van der Waals surface area contributed by atoms with Gasteiger partial charge in [-0.15, -0.1) is 0 Å². The van der Waals surface area contributed by atoms with Gasteiger partial charge in [-0.1, -0.05) is 0 Å². The molecule has 0 aliphatic carbocycles. The lowest BCUT2D eigenvalue weighted by Crippen LogP contribution is -2.19. The molecule has 0 fully saturated rings. The lowest BCUT2D eigenvalue weighted by molar-refractivity contribution is -0.116. The molecule has 1 aromatic heterocycles. The van der Waals surface area contributed by atoms with Gasteiger partial charge in [-0.25, -0.2) is 4.39 Å². The summed E-state index contributed by atoms with van der Waals surface area (Å²) in [6.45, 7) is 0.0949. The van der Waals surface area contributed by atoms with Crippen molar-refractivity contribution in [1.82, 2.24) is 4.57 Å². The Morgan fingerprint density at radius 2 is 1.72 bits per heavy atom. The van der Waals surface area contributed by atoms with E-state index >= 15 is 0 Å². The molecule has 1 N–H and O–H groups in total. The number of benzene rings is 1. The first-order chi connectivity index (χ1) is 8.63. The molecule has 0 spiro atoms. The fourth-order valence-electron chi connectivity index (χ4n) is 1.45. The Balaban J connectivity index is 1.98. The Hall–Kier alpha value is -2.43. The summed E-state index contributed by atoms with van der Waals surface area (Å²) in [4.78, 5) is 22.5. The van der Waals surface area contributed by atoms with Crippen molar-refractivity contribution in [2.45, 2.75) is 6.54 Å². The number of pyridine rings is 1. The SMILES string of the molecule is O=C(Cn1ccc(=O)cc1)Nc1ccc(F)cc1. The number of halogens is 1. The van der Waals surface area contributed by atoms with Gasteiger partial charge < -0.3 is 9.88 Å². The molecule has 0 aliphatic heterocycles. The first kappa shape index (κ1) is 12.0. The van der Waals surface area contributed by atoms with Crippen molar-refractivity contribution >= 4 is 11.6 Å². The molecule has 5 heteroatoms. The van der Waals surface area contributed by atoms with Crippen molar-refractivity contribution in [3.63, 3.8) is 0 Å². The van der Waals surface area contributed by atoms with E-state index in [2.05, 4.69) is 5.32 Å². The van der Waals surface area contributed by atoms with E-state index in [0.717, 1.165) is 0 Å². The maximum Gasteiger partial charge on any atom is 0.244 e. The number of hydrogen-bond donors (Lipinski definition) is 1. The van der Waals surface area contributed by atoms with Gasteiger partial charge in [0.2, 0.25) is 5.91 Å². The second-order valence-electron chi connectivity index (χ2n) is 3.76. The highest BCUT2D eigenvalue weighted by molar-refractivity contribution is 5.90. The van der Waals surface area contributed by atoms with Crippen LogP contribution in [0, 0.1) is 5.82 Å². The maximum atomic E-state index is 12.7. The van der Waals surface area contributed by atoms with Crippen LogP contribution < -0.4 is 10.7 Å². The highest BCUT2D eigenvalue weighted by Gasteiger charge is 2.02. The molecule has 0 atom stereocenters. The minimum Gasteiger partial charge on any atom is -0.345 e. The van der Waals surface area contributed by atoms with Gasteiger partial charge in [0, 0.05) is 30.2 Å². The molecular weight excluding hydrogens is 235 g/mol. The van der Waals surface area contributed by atoms with E-state index in [0.29, 0.717) is 5.69 Å². The number of carbonyl (C=O) groups is 1. The van der Waals surface area contributed by atoms with Crippen molar-refractivity contribution in [3.8, 4) is 0 Å². The number of aromatic nitrogens is 1. The third-order valence-electron chi connectivity index (χ3n) is 2.31. The minimum absolute atomic E-state index is 0.0949. The second kappa shape index (κ2) is 5.27. The number of nitrogens with zero attached hydrogens (tertiary/aromatic N) is 1. The lowest BCUT2D eigenvalue weighted by Gasteiger charge is -2.07. The molecule has 0 bridgehead atoms. The molecule has 0 saturated heterocycles. The summed E-state index contributed by atoms with van der Waals surface area (Å²) < 4.78 is 14.2. The van der Waals surface area contributed by atoms with Crippen LogP contribution in [0.1, 0.15) is 0 Å². The summed E-state index contributed by atoms with van der Waals surface area (Å²) in [6, 6.07) is 8.28. The monoisotopic (exact) mass is 246 g/mol. The van der Waals surface area contributed by atoms with Crippen LogP contribution in [-0.4, -0.2) is 10.5 Å². The van der Waals surface area contributed by atoms with Crippen LogP contribution in [0.15, 0.2) is 53.6 Å².